The molecule has 0 radical (unpaired) electrons. The summed E-state index contributed by atoms with van der Waals surface area (Å²) in [6.07, 6.45) is 2.17. The number of pyridine rings is 1. The highest BCUT2D eigenvalue weighted by molar-refractivity contribution is 7.99. The van der Waals surface area contributed by atoms with Gasteiger partial charge < -0.3 is 0 Å². The van der Waals surface area contributed by atoms with Gasteiger partial charge in [0.15, 0.2) is 0 Å². The van der Waals surface area contributed by atoms with Crippen molar-refractivity contribution >= 4 is 29.1 Å². The second kappa shape index (κ2) is 5.92. The van der Waals surface area contributed by atoms with Crippen LogP contribution in [0.4, 0.5) is 5.69 Å². The van der Waals surface area contributed by atoms with Crippen LogP contribution in [0.25, 0.3) is 0 Å². The standard InChI is InChI=1S/C9H11ClN2O2S/c1-7(4-5-10)15-9-3-2-8(6-11-9)12(13)14/h2-3,6-7H,4-5H2,1H3. The van der Waals surface area contributed by atoms with E-state index in [1.807, 2.05) is 0 Å². The topological polar surface area (TPSA) is 56.0 Å². The van der Waals surface area contributed by atoms with E-state index in [1.165, 1.54) is 12.3 Å². The fourth-order valence-electron chi connectivity index (χ4n) is 0.969. The zero-order valence-electron chi connectivity index (χ0n) is 8.22. The van der Waals surface area contributed by atoms with Gasteiger partial charge in [0, 0.05) is 17.2 Å². The number of aromatic nitrogens is 1. The van der Waals surface area contributed by atoms with Crippen molar-refractivity contribution in [2.45, 2.75) is 23.6 Å². The van der Waals surface area contributed by atoms with Crippen molar-refractivity contribution in [2.24, 2.45) is 0 Å². The summed E-state index contributed by atoms with van der Waals surface area (Å²) in [5.74, 6) is 0.612. The fraction of sp³-hybridized carbons (Fsp3) is 0.444. The molecule has 0 amide bonds. The third-order valence-corrected chi connectivity index (χ3v) is 3.11. The van der Waals surface area contributed by atoms with Gasteiger partial charge in [-0.15, -0.1) is 23.4 Å². The molecule has 6 heteroatoms. The zero-order chi connectivity index (χ0) is 11.3. The Morgan fingerprint density at radius 2 is 2.40 bits per heavy atom. The van der Waals surface area contributed by atoms with Crippen LogP contribution in [0, 0.1) is 10.1 Å². The summed E-state index contributed by atoms with van der Waals surface area (Å²) >= 11 is 7.18. The molecule has 15 heavy (non-hydrogen) atoms. The molecule has 1 heterocycles. The quantitative estimate of drug-likeness (QED) is 0.347. The average molecular weight is 247 g/mol. The summed E-state index contributed by atoms with van der Waals surface area (Å²) in [5, 5.41) is 11.5. The molecule has 1 unspecified atom stereocenters. The molecule has 0 aliphatic heterocycles. The molecule has 0 aliphatic rings. The Morgan fingerprint density at radius 1 is 1.67 bits per heavy atom. The molecule has 4 nitrogen and oxygen atoms in total. The zero-order valence-corrected chi connectivity index (χ0v) is 9.79. The van der Waals surface area contributed by atoms with E-state index in [4.69, 9.17) is 11.6 Å². The molecule has 0 saturated heterocycles. The Morgan fingerprint density at radius 3 is 2.87 bits per heavy atom. The van der Waals surface area contributed by atoms with Gasteiger partial charge in [0.05, 0.1) is 9.95 Å². The van der Waals surface area contributed by atoms with Crippen molar-refractivity contribution in [3.63, 3.8) is 0 Å². The van der Waals surface area contributed by atoms with E-state index in [1.54, 1.807) is 17.8 Å². The van der Waals surface area contributed by atoms with Gasteiger partial charge in [0.25, 0.3) is 5.69 Å². The lowest BCUT2D eigenvalue weighted by molar-refractivity contribution is -0.385. The van der Waals surface area contributed by atoms with Crippen LogP contribution in [0.1, 0.15) is 13.3 Å². The lowest BCUT2D eigenvalue weighted by Crippen LogP contribution is -1.97. The summed E-state index contributed by atoms with van der Waals surface area (Å²) in [6.45, 7) is 2.05. The van der Waals surface area contributed by atoms with Crippen LogP contribution in [0.2, 0.25) is 0 Å². The number of thioether (sulfide) groups is 1. The van der Waals surface area contributed by atoms with Crippen molar-refractivity contribution < 1.29 is 4.92 Å². The highest BCUT2D eigenvalue weighted by atomic mass is 35.5. The molecule has 1 rings (SSSR count). The van der Waals surface area contributed by atoms with Crippen LogP contribution in [-0.4, -0.2) is 21.0 Å². The number of halogens is 1. The predicted octanol–water partition coefficient (Wildman–Crippen LogP) is 3.10. The second-order valence-corrected chi connectivity index (χ2v) is 4.85. The Bertz CT molecular complexity index is 331. The highest BCUT2D eigenvalue weighted by Gasteiger charge is 2.08. The fourth-order valence-corrected chi connectivity index (χ4v) is 2.33. The largest absolute Gasteiger partial charge is 0.287 e. The maximum absolute atomic E-state index is 10.4. The number of hydrogen-bond donors (Lipinski definition) is 0. The Balaban J connectivity index is 2.60. The third-order valence-electron chi connectivity index (χ3n) is 1.77. The summed E-state index contributed by atoms with van der Waals surface area (Å²) in [5.41, 5.74) is 0.0179. The molecule has 0 bridgehead atoms. The molecule has 0 spiro atoms. The van der Waals surface area contributed by atoms with Gasteiger partial charge in [-0.3, -0.25) is 10.1 Å². The molecular weight excluding hydrogens is 236 g/mol. The first-order chi connectivity index (χ1) is 7.13. The molecule has 0 N–H and O–H groups in total. The number of rotatable bonds is 5. The van der Waals surface area contributed by atoms with Gasteiger partial charge in [0.1, 0.15) is 6.20 Å². The molecule has 1 aromatic heterocycles. The summed E-state index contributed by atoms with van der Waals surface area (Å²) < 4.78 is 0. The molecule has 82 valence electrons. The van der Waals surface area contributed by atoms with Crippen molar-refractivity contribution in [3.8, 4) is 0 Å². The van der Waals surface area contributed by atoms with E-state index in [2.05, 4.69) is 11.9 Å². The maximum atomic E-state index is 10.4. The van der Waals surface area contributed by atoms with Crippen molar-refractivity contribution in [1.82, 2.24) is 4.98 Å². The minimum Gasteiger partial charge on any atom is -0.258 e. The lowest BCUT2D eigenvalue weighted by Gasteiger charge is -2.07. The Hall–Kier alpha value is -0.810. The summed E-state index contributed by atoms with van der Waals surface area (Å²) in [7, 11) is 0. The van der Waals surface area contributed by atoms with Gasteiger partial charge in [0.2, 0.25) is 0 Å². The molecule has 0 saturated carbocycles. The third kappa shape index (κ3) is 4.05. The van der Waals surface area contributed by atoms with E-state index < -0.39 is 4.92 Å². The van der Waals surface area contributed by atoms with Crippen molar-refractivity contribution in [1.29, 1.82) is 0 Å². The number of nitro groups is 1. The smallest absolute Gasteiger partial charge is 0.258 e. The van der Waals surface area contributed by atoms with E-state index in [0.717, 1.165) is 11.4 Å². The van der Waals surface area contributed by atoms with Crippen LogP contribution in [0.15, 0.2) is 23.4 Å². The Labute approximate surface area is 97.2 Å². The minimum absolute atomic E-state index is 0.0179. The van der Waals surface area contributed by atoms with Gasteiger partial charge in [-0.25, -0.2) is 4.98 Å². The molecule has 1 atom stereocenters. The normalized spacial score (nSPS) is 12.4. The van der Waals surface area contributed by atoms with E-state index in [0.29, 0.717) is 11.1 Å². The van der Waals surface area contributed by atoms with Crippen LogP contribution >= 0.6 is 23.4 Å². The highest BCUT2D eigenvalue weighted by Crippen LogP contribution is 2.24. The predicted molar refractivity (Wildman–Crippen MR) is 61.5 cm³/mol. The first-order valence-corrected chi connectivity index (χ1v) is 5.88. The first kappa shape index (κ1) is 12.3. The van der Waals surface area contributed by atoms with Gasteiger partial charge in [-0.05, 0) is 12.5 Å². The maximum Gasteiger partial charge on any atom is 0.287 e. The van der Waals surface area contributed by atoms with Crippen molar-refractivity contribution in [2.75, 3.05) is 5.88 Å². The average Bonchev–Trinajstić information content (AvgIpc) is 2.18. The van der Waals surface area contributed by atoms with E-state index in [9.17, 15) is 10.1 Å². The lowest BCUT2D eigenvalue weighted by atomic mass is 10.4. The molecule has 0 aromatic carbocycles. The number of nitrogens with zero attached hydrogens (tertiary/aromatic N) is 2. The van der Waals surface area contributed by atoms with Gasteiger partial charge >= 0.3 is 0 Å². The van der Waals surface area contributed by atoms with Gasteiger partial charge in [-0.1, -0.05) is 6.92 Å². The van der Waals surface area contributed by atoms with Gasteiger partial charge in [-0.2, -0.15) is 0 Å². The number of hydrogen-bond acceptors (Lipinski definition) is 4. The summed E-state index contributed by atoms with van der Waals surface area (Å²) in [4.78, 5) is 13.9. The van der Waals surface area contributed by atoms with Crippen LogP contribution < -0.4 is 0 Å². The first-order valence-electron chi connectivity index (χ1n) is 4.46. The SMILES string of the molecule is CC(CCCl)Sc1ccc([N+](=O)[O-])cn1. The molecule has 1 aromatic rings. The van der Waals surface area contributed by atoms with E-state index in [-0.39, 0.29) is 5.69 Å². The monoisotopic (exact) mass is 246 g/mol. The molecule has 0 fully saturated rings. The second-order valence-electron chi connectivity index (χ2n) is 3.02. The number of alkyl halides is 1. The van der Waals surface area contributed by atoms with Crippen molar-refractivity contribution in [3.05, 3.63) is 28.4 Å². The minimum atomic E-state index is -0.455. The summed E-state index contributed by atoms with van der Waals surface area (Å²) in [6, 6.07) is 3.12. The van der Waals surface area contributed by atoms with Crippen LogP contribution in [0.5, 0.6) is 0 Å². The van der Waals surface area contributed by atoms with Crippen LogP contribution in [-0.2, 0) is 0 Å². The van der Waals surface area contributed by atoms with Crippen LogP contribution in [0.3, 0.4) is 0 Å². The Kier molecular flexibility index (Phi) is 4.84. The molecular formula is C9H11ClN2O2S. The molecule has 0 aliphatic carbocycles. The van der Waals surface area contributed by atoms with E-state index >= 15 is 0 Å².